The van der Waals surface area contributed by atoms with Crippen LogP contribution in [0.2, 0.25) is 0 Å². The predicted octanol–water partition coefficient (Wildman–Crippen LogP) is 2.19. The Bertz CT molecular complexity index is 1590. The molecule has 0 aromatic carbocycles. The Kier molecular flexibility index (Phi) is 23.4. The number of fused-ring (bicyclic) bond motifs is 3. The maximum Gasteiger partial charge on any atom is 0.309 e. The van der Waals surface area contributed by atoms with Crippen LogP contribution >= 0.6 is 0 Å². The van der Waals surface area contributed by atoms with Gasteiger partial charge >= 0.3 is 17.9 Å². The Labute approximate surface area is 412 Å². The number of carbonyl (C=O) groups is 3. The van der Waals surface area contributed by atoms with Crippen molar-refractivity contribution in [1.29, 1.82) is 0 Å². The summed E-state index contributed by atoms with van der Waals surface area (Å²) in [6.45, 7) is 12.4. The molecule has 21 heteroatoms. The SMILES string of the molecule is CCCCC[C@H]1CCCCCCCCCC(=O)O[C@H]2[C@H](O)[C@@H](CO)O[C@@H](O[C@H]3[C@H](O1)O[C@H](C)[C@H](O)[C@@H]3O)[C@@H]2O[C@@H]1O[C@@H](C)[C@H](OC(=O)C(C)C)[C@@H](O[C@@H]2O[C@@H](C)[C@H](O)[C@@H](O)[C@H]2O)[C@H]1OC(=O)[C@@H](C)CC. The first-order valence-electron chi connectivity index (χ1n) is 25.8. The number of unbranched alkanes of at least 4 members (excludes halogenated alkanes) is 2. The normalized spacial score (nSPS) is 42.3. The number of ether oxygens (including phenoxy) is 11. The molecule has 5 heterocycles. The molecule has 406 valence electrons. The number of hydrogen-bond acceptors (Lipinski definition) is 21. The summed E-state index contributed by atoms with van der Waals surface area (Å²) in [7, 11) is 0. The van der Waals surface area contributed by atoms with Crippen LogP contribution in [0, 0.1) is 11.8 Å². The van der Waals surface area contributed by atoms with E-state index in [1.165, 1.54) is 13.8 Å². The van der Waals surface area contributed by atoms with E-state index in [0.29, 0.717) is 25.7 Å². The standard InChI is InChI=1S/C49H84O21/c1-9-11-17-20-29-21-18-15-13-12-14-16-19-22-31(51)65-39-34(54)30(23-50)64-49(68-40-36(56)33(53)27(7)61-47(40)63-29)42(39)70-48-43(67-45(59)25(5)10-2)41(38(28(8)62-48)66-44(58)24(3)4)69-46-37(57)35(55)32(52)26(6)60-46/h24-30,32-43,46-50,52-57H,9-23H2,1-8H3/t25-,26-,27+,28-,29-,30+,32-,33-,34+,35+,36-,37+,38-,39-,40+,41+,42+,43+,46-,47-,48-,49-/m0/s1. The summed E-state index contributed by atoms with van der Waals surface area (Å²) in [5.74, 6) is -3.61. The highest BCUT2D eigenvalue weighted by atomic mass is 16.8. The highest BCUT2D eigenvalue weighted by Gasteiger charge is 2.58. The van der Waals surface area contributed by atoms with Crippen molar-refractivity contribution in [2.45, 2.75) is 274 Å². The van der Waals surface area contributed by atoms with E-state index < -0.39 is 159 Å². The van der Waals surface area contributed by atoms with Crippen LogP contribution in [0.5, 0.6) is 0 Å². The molecule has 7 N–H and O–H groups in total. The number of hydrogen-bond donors (Lipinski definition) is 7. The smallest absolute Gasteiger partial charge is 0.309 e. The number of rotatable bonds is 14. The van der Waals surface area contributed by atoms with Crippen LogP contribution in [0.15, 0.2) is 0 Å². The Morgan fingerprint density at radius 1 is 0.600 bits per heavy atom. The minimum Gasteiger partial charge on any atom is -0.456 e. The van der Waals surface area contributed by atoms with Gasteiger partial charge in [-0.05, 0) is 46.5 Å². The Hall–Kier alpha value is -2.19. The van der Waals surface area contributed by atoms with Crippen LogP contribution < -0.4 is 0 Å². The lowest BCUT2D eigenvalue weighted by atomic mass is 9.95. The van der Waals surface area contributed by atoms with E-state index >= 15 is 0 Å². The largest absolute Gasteiger partial charge is 0.456 e. The molecule has 0 aliphatic carbocycles. The summed E-state index contributed by atoms with van der Waals surface area (Å²) in [5.41, 5.74) is 0. The Morgan fingerprint density at radius 2 is 1.21 bits per heavy atom. The molecule has 70 heavy (non-hydrogen) atoms. The molecule has 0 aromatic rings. The van der Waals surface area contributed by atoms with E-state index in [9.17, 15) is 50.1 Å². The lowest BCUT2D eigenvalue weighted by Crippen LogP contribution is -2.68. The second kappa shape index (κ2) is 27.9. The highest BCUT2D eigenvalue weighted by Crippen LogP contribution is 2.38. The third kappa shape index (κ3) is 15.2. The fraction of sp³-hybridized carbons (Fsp3) is 0.939. The molecule has 2 bridgehead atoms. The zero-order valence-corrected chi connectivity index (χ0v) is 42.2. The van der Waals surface area contributed by atoms with Gasteiger partial charge in [-0.1, -0.05) is 92.4 Å². The molecule has 5 rings (SSSR count). The van der Waals surface area contributed by atoms with Crippen LogP contribution in [-0.4, -0.2) is 189 Å². The summed E-state index contributed by atoms with van der Waals surface area (Å²) in [6.07, 6.45) is -21.1. The van der Waals surface area contributed by atoms with Crippen molar-refractivity contribution in [3.8, 4) is 0 Å². The summed E-state index contributed by atoms with van der Waals surface area (Å²) in [5, 5.41) is 78.0. The average molecular weight is 1010 g/mol. The molecular formula is C49H84O21. The summed E-state index contributed by atoms with van der Waals surface area (Å²) < 4.78 is 69.1. The third-order valence-corrected chi connectivity index (χ3v) is 14.1. The summed E-state index contributed by atoms with van der Waals surface area (Å²) in [4.78, 5) is 41.0. The predicted molar refractivity (Wildman–Crippen MR) is 244 cm³/mol. The van der Waals surface area contributed by atoms with E-state index in [-0.39, 0.29) is 12.5 Å². The molecule has 0 aromatic heterocycles. The Balaban J connectivity index is 1.62. The van der Waals surface area contributed by atoms with Crippen LogP contribution in [0.1, 0.15) is 145 Å². The third-order valence-electron chi connectivity index (χ3n) is 14.1. The van der Waals surface area contributed by atoms with E-state index in [4.69, 9.17) is 52.1 Å². The van der Waals surface area contributed by atoms with Gasteiger partial charge in [0.25, 0.3) is 0 Å². The van der Waals surface area contributed by atoms with Crippen LogP contribution in [-0.2, 0) is 66.5 Å². The molecule has 0 amide bonds. The van der Waals surface area contributed by atoms with Crippen molar-refractivity contribution in [3.63, 3.8) is 0 Å². The Morgan fingerprint density at radius 3 is 1.87 bits per heavy atom. The molecule has 5 aliphatic heterocycles. The first-order valence-corrected chi connectivity index (χ1v) is 25.8. The number of carbonyl (C=O) groups excluding carboxylic acids is 3. The number of esters is 3. The van der Waals surface area contributed by atoms with Crippen molar-refractivity contribution < 1.29 is 102 Å². The molecule has 21 nitrogen and oxygen atoms in total. The molecule has 5 aliphatic rings. The average Bonchev–Trinajstić information content (AvgIpc) is 3.32. The molecule has 0 radical (unpaired) electrons. The van der Waals surface area contributed by atoms with Gasteiger partial charge in [0.1, 0.15) is 54.9 Å². The molecular weight excluding hydrogens is 925 g/mol. The van der Waals surface area contributed by atoms with E-state index in [1.807, 2.05) is 0 Å². The fourth-order valence-electron chi connectivity index (χ4n) is 9.32. The zero-order chi connectivity index (χ0) is 51.4. The highest BCUT2D eigenvalue weighted by molar-refractivity contribution is 5.73. The van der Waals surface area contributed by atoms with Gasteiger partial charge in [0.05, 0.1) is 42.9 Å². The van der Waals surface area contributed by atoms with Crippen molar-refractivity contribution in [2.75, 3.05) is 6.61 Å². The molecule has 0 unspecified atom stereocenters. The molecule has 5 fully saturated rings. The minimum atomic E-state index is -1.86. The monoisotopic (exact) mass is 1010 g/mol. The minimum absolute atomic E-state index is 0.0473. The van der Waals surface area contributed by atoms with Crippen LogP contribution in [0.3, 0.4) is 0 Å². The van der Waals surface area contributed by atoms with Gasteiger partial charge in [-0.25, -0.2) is 0 Å². The van der Waals surface area contributed by atoms with E-state index in [0.717, 1.165) is 57.8 Å². The van der Waals surface area contributed by atoms with Gasteiger partial charge in [0.15, 0.2) is 49.6 Å². The maximum absolute atomic E-state index is 13.9. The summed E-state index contributed by atoms with van der Waals surface area (Å²) >= 11 is 0. The lowest BCUT2D eigenvalue weighted by Gasteiger charge is -2.50. The molecule has 0 saturated carbocycles. The maximum atomic E-state index is 13.9. The van der Waals surface area contributed by atoms with E-state index in [2.05, 4.69) is 6.92 Å². The van der Waals surface area contributed by atoms with Crippen LogP contribution in [0.4, 0.5) is 0 Å². The fourth-order valence-corrected chi connectivity index (χ4v) is 9.32. The second-order valence-electron chi connectivity index (χ2n) is 20.1. The van der Waals surface area contributed by atoms with Gasteiger partial charge in [0, 0.05) is 6.42 Å². The molecule has 5 saturated heterocycles. The van der Waals surface area contributed by atoms with Crippen molar-refractivity contribution >= 4 is 17.9 Å². The zero-order valence-electron chi connectivity index (χ0n) is 42.2. The number of aliphatic hydroxyl groups is 7. The van der Waals surface area contributed by atoms with Crippen LogP contribution in [0.25, 0.3) is 0 Å². The van der Waals surface area contributed by atoms with E-state index in [1.54, 1.807) is 34.6 Å². The van der Waals surface area contributed by atoms with Gasteiger partial charge in [-0.3, -0.25) is 14.4 Å². The summed E-state index contributed by atoms with van der Waals surface area (Å²) in [6, 6.07) is 0. The van der Waals surface area contributed by atoms with Crippen molar-refractivity contribution in [1.82, 2.24) is 0 Å². The lowest BCUT2D eigenvalue weighted by molar-refractivity contribution is -0.400. The molecule has 22 atom stereocenters. The van der Waals surface area contributed by atoms with Crippen molar-refractivity contribution in [3.05, 3.63) is 0 Å². The van der Waals surface area contributed by atoms with Gasteiger partial charge in [-0.15, -0.1) is 0 Å². The van der Waals surface area contributed by atoms with Gasteiger partial charge < -0.3 is 87.9 Å². The number of aliphatic hydroxyl groups excluding tert-OH is 7. The first kappa shape index (κ1) is 58.7. The quantitative estimate of drug-likeness (QED) is 0.0746. The molecule has 0 spiro atoms. The van der Waals surface area contributed by atoms with Gasteiger partial charge in [0.2, 0.25) is 0 Å². The topological polar surface area (TPSA) is 294 Å². The second-order valence-corrected chi connectivity index (χ2v) is 20.1. The first-order chi connectivity index (χ1) is 33.3. The van der Waals surface area contributed by atoms with Gasteiger partial charge in [-0.2, -0.15) is 0 Å². The van der Waals surface area contributed by atoms with Crippen molar-refractivity contribution in [2.24, 2.45) is 11.8 Å².